The van der Waals surface area contributed by atoms with Crippen molar-refractivity contribution in [3.8, 4) is 23.3 Å². The molecule has 0 aliphatic heterocycles. The Hall–Kier alpha value is -2.58. The van der Waals surface area contributed by atoms with Crippen LogP contribution in [-0.4, -0.2) is 0 Å². The Bertz CT molecular complexity index is 573. The maximum atomic E-state index is 8.71. The van der Waals surface area contributed by atoms with Gasteiger partial charge in [-0.2, -0.15) is 10.5 Å². The van der Waals surface area contributed by atoms with Gasteiger partial charge in [0.2, 0.25) is 0 Å². The fourth-order valence-corrected chi connectivity index (χ4v) is 1.90. The smallest absolute Gasteiger partial charge is 0.0669 e. The molecule has 18 heavy (non-hydrogen) atoms. The third kappa shape index (κ3) is 2.75. The molecule has 0 heterocycles. The molecule has 0 amide bonds. The first-order chi connectivity index (χ1) is 8.83. The summed E-state index contributed by atoms with van der Waals surface area (Å²) in [7, 11) is 0. The summed E-state index contributed by atoms with van der Waals surface area (Å²) < 4.78 is 0. The van der Waals surface area contributed by atoms with E-state index in [2.05, 4.69) is 12.1 Å². The van der Waals surface area contributed by atoms with E-state index in [0.29, 0.717) is 12.8 Å². The zero-order valence-electron chi connectivity index (χ0n) is 9.93. The molecule has 2 nitrogen and oxygen atoms in total. The van der Waals surface area contributed by atoms with Crippen molar-refractivity contribution in [3.05, 3.63) is 59.7 Å². The highest BCUT2D eigenvalue weighted by molar-refractivity contribution is 5.65. The molecule has 2 aromatic carbocycles. The highest BCUT2D eigenvalue weighted by Crippen LogP contribution is 2.22. The molecule has 0 saturated heterocycles. The Balaban J connectivity index is 2.36. The van der Waals surface area contributed by atoms with Gasteiger partial charge in [0.15, 0.2) is 0 Å². The average Bonchev–Trinajstić information content (AvgIpc) is 2.40. The molecular weight excluding hydrogens is 220 g/mol. The molecule has 2 heteroatoms. The Labute approximate surface area is 107 Å². The molecule has 86 valence electrons. The fraction of sp³-hybridized carbons (Fsp3) is 0.125. The van der Waals surface area contributed by atoms with Crippen LogP contribution in [0.2, 0.25) is 0 Å². The van der Waals surface area contributed by atoms with E-state index in [1.165, 1.54) is 0 Å². The maximum absolute atomic E-state index is 8.71. The van der Waals surface area contributed by atoms with Crippen LogP contribution in [0.1, 0.15) is 11.1 Å². The lowest BCUT2D eigenvalue weighted by atomic mass is 9.99. The van der Waals surface area contributed by atoms with Crippen LogP contribution in [-0.2, 0) is 12.8 Å². The van der Waals surface area contributed by atoms with Crippen molar-refractivity contribution < 1.29 is 0 Å². The van der Waals surface area contributed by atoms with Crippen molar-refractivity contribution in [1.82, 2.24) is 0 Å². The van der Waals surface area contributed by atoms with E-state index in [1.807, 2.05) is 48.5 Å². The highest BCUT2D eigenvalue weighted by atomic mass is 14.2. The van der Waals surface area contributed by atoms with Crippen LogP contribution >= 0.6 is 0 Å². The molecule has 0 radical (unpaired) electrons. The summed E-state index contributed by atoms with van der Waals surface area (Å²) in [6.45, 7) is 0. The van der Waals surface area contributed by atoms with E-state index in [4.69, 9.17) is 10.5 Å². The van der Waals surface area contributed by atoms with Gasteiger partial charge in [-0.15, -0.1) is 0 Å². The molecule has 0 atom stereocenters. The molecule has 0 aliphatic carbocycles. The Morgan fingerprint density at radius 3 is 1.56 bits per heavy atom. The largest absolute Gasteiger partial charge is 0.198 e. The van der Waals surface area contributed by atoms with Gasteiger partial charge < -0.3 is 0 Å². The molecule has 2 aromatic rings. The van der Waals surface area contributed by atoms with Gasteiger partial charge in [-0.3, -0.25) is 0 Å². The van der Waals surface area contributed by atoms with Crippen molar-refractivity contribution in [1.29, 1.82) is 10.5 Å². The minimum absolute atomic E-state index is 0.422. The van der Waals surface area contributed by atoms with Crippen molar-refractivity contribution in [2.45, 2.75) is 12.8 Å². The van der Waals surface area contributed by atoms with Gasteiger partial charge in [-0.25, -0.2) is 0 Å². The van der Waals surface area contributed by atoms with Crippen LogP contribution in [0.3, 0.4) is 0 Å². The number of hydrogen-bond acceptors (Lipinski definition) is 2. The first-order valence-electron chi connectivity index (χ1n) is 5.75. The first-order valence-corrected chi connectivity index (χ1v) is 5.75. The van der Waals surface area contributed by atoms with Crippen LogP contribution in [0, 0.1) is 22.7 Å². The molecule has 0 aliphatic rings. The Kier molecular flexibility index (Phi) is 3.74. The predicted molar refractivity (Wildman–Crippen MR) is 70.5 cm³/mol. The van der Waals surface area contributed by atoms with Gasteiger partial charge in [0.1, 0.15) is 0 Å². The van der Waals surface area contributed by atoms with Crippen LogP contribution in [0.15, 0.2) is 48.5 Å². The van der Waals surface area contributed by atoms with Gasteiger partial charge in [-0.1, -0.05) is 48.5 Å². The van der Waals surface area contributed by atoms with Gasteiger partial charge in [0, 0.05) is 0 Å². The monoisotopic (exact) mass is 232 g/mol. The second-order valence-electron chi connectivity index (χ2n) is 4.07. The second-order valence-corrected chi connectivity index (χ2v) is 4.07. The minimum Gasteiger partial charge on any atom is -0.198 e. The van der Waals surface area contributed by atoms with Gasteiger partial charge in [0.05, 0.1) is 25.0 Å². The molecule has 0 spiro atoms. The SMILES string of the molecule is N#CCc1cccc(-c2cccc(CC#N)c2)c1. The number of benzene rings is 2. The van der Waals surface area contributed by atoms with Crippen LogP contribution in [0.4, 0.5) is 0 Å². The summed E-state index contributed by atoms with van der Waals surface area (Å²) >= 11 is 0. The fourth-order valence-electron chi connectivity index (χ4n) is 1.90. The number of rotatable bonds is 3. The molecule has 0 fully saturated rings. The standard InChI is InChI=1S/C16H12N2/c17-9-7-13-3-1-5-15(11-13)16-6-2-4-14(12-16)8-10-18/h1-6,11-12H,7-8H2. The van der Waals surface area contributed by atoms with E-state index in [-0.39, 0.29) is 0 Å². The maximum Gasteiger partial charge on any atom is 0.0669 e. The molecule has 0 unspecified atom stereocenters. The molecule has 2 rings (SSSR count). The summed E-state index contributed by atoms with van der Waals surface area (Å²) in [5.74, 6) is 0. The molecule has 0 bridgehead atoms. The lowest BCUT2D eigenvalue weighted by molar-refractivity contribution is 1.25. The highest BCUT2D eigenvalue weighted by Gasteiger charge is 2.00. The Morgan fingerprint density at radius 2 is 1.17 bits per heavy atom. The van der Waals surface area contributed by atoms with E-state index in [0.717, 1.165) is 22.3 Å². The number of nitriles is 2. The van der Waals surface area contributed by atoms with Crippen LogP contribution in [0.25, 0.3) is 11.1 Å². The van der Waals surface area contributed by atoms with E-state index in [9.17, 15) is 0 Å². The number of nitrogens with zero attached hydrogens (tertiary/aromatic N) is 2. The Morgan fingerprint density at radius 1 is 0.722 bits per heavy atom. The number of hydrogen-bond donors (Lipinski definition) is 0. The van der Waals surface area contributed by atoms with Crippen molar-refractivity contribution in [2.24, 2.45) is 0 Å². The topological polar surface area (TPSA) is 47.6 Å². The predicted octanol–water partition coefficient (Wildman–Crippen LogP) is 3.49. The summed E-state index contributed by atoms with van der Waals surface area (Å²) in [5, 5.41) is 17.4. The van der Waals surface area contributed by atoms with Crippen LogP contribution < -0.4 is 0 Å². The van der Waals surface area contributed by atoms with Crippen LogP contribution in [0.5, 0.6) is 0 Å². The van der Waals surface area contributed by atoms with Gasteiger partial charge in [0.25, 0.3) is 0 Å². The summed E-state index contributed by atoms with van der Waals surface area (Å²) in [5.41, 5.74) is 4.20. The minimum atomic E-state index is 0.422. The molecule has 0 N–H and O–H groups in total. The quantitative estimate of drug-likeness (QED) is 0.813. The van der Waals surface area contributed by atoms with E-state index >= 15 is 0 Å². The summed E-state index contributed by atoms with van der Waals surface area (Å²) in [6, 6.07) is 20.2. The summed E-state index contributed by atoms with van der Waals surface area (Å²) in [6.07, 6.45) is 0.845. The normalized spacial score (nSPS) is 9.44. The first kappa shape index (κ1) is 11.9. The third-order valence-corrected chi connectivity index (χ3v) is 2.75. The average molecular weight is 232 g/mol. The van der Waals surface area contributed by atoms with Crippen molar-refractivity contribution in [3.63, 3.8) is 0 Å². The molecular formula is C16H12N2. The van der Waals surface area contributed by atoms with Crippen molar-refractivity contribution in [2.75, 3.05) is 0 Å². The van der Waals surface area contributed by atoms with Gasteiger partial charge >= 0.3 is 0 Å². The zero-order chi connectivity index (χ0) is 12.8. The van der Waals surface area contributed by atoms with E-state index < -0.39 is 0 Å². The van der Waals surface area contributed by atoms with Crippen molar-refractivity contribution >= 4 is 0 Å². The van der Waals surface area contributed by atoms with E-state index in [1.54, 1.807) is 0 Å². The molecule has 0 aromatic heterocycles. The molecule has 0 saturated carbocycles. The zero-order valence-corrected chi connectivity index (χ0v) is 9.93. The van der Waals surface area contributed by atoms with Gasteiger partial charge in [-0.05, 0) is 22.3 Å². The lowest BCUT2D eigenvalue weighted by Gasteiger charge is -2.05. The summed E-state index contributed by atoms with van der Waals surface area (Å²) in [4.78, 5) is 0. The third-order valence-electron chi connectivity index (χ3n) is 2.75. The lowest BCUT2D eigenvalue weighted by Crippen LogP contribution is -1.86. The second kappa shape index (κ2) is 5.66.